The summed E-state index contributed by atoms with van der Waals surface area (Å²) in [6.07, 6.45) is 0.837. The van der Waals surface area contributed by atoms with Crippen molar-refractivity contribution in [2.24, 2.45) is 5.10 Å². The summed E-state index contributed by atoms with van der Waals surface area (Å²) in [5.41, 5.74) is 7.13. The van der Waals surface area contributed by atoms with Crippen LogP contribution in [0.4, 0.5) is 5.69 Å². The maximum Gasteiger partial charge on any atom is 0.191 e. The lowest BCUT2D eigenvalue weighted by Crippen LogP contribution is -2.25. The van der Waals surface area contributed by atoms with Crippen LogP contribution in [-0.4, -0.2) is 10.8 Å². The van der Waals surface area contributed by atoms with Crippen LogP contribution in [0.1, 0.15) is 24.5 Å². The van der Waals surface area contributed by atoms with Crippen LogP contribution in [0.3, 0.4) is 0 Å². The van der Waals surface area contributed by atoms with E-state index in [1.165, 1.54) is 0 Å². The molecule has 0 unspecified atom stereocenters. The Labute approximate surface area is 131 Å². The molecule has 0 spiro atoms. The highest BCUT2D eigenvalue weighted by molar-refractivity contribution is 7.80. The molecule has 0 amide bonds. The van der Waals surface area contributed by atoms with E-state index in [-0.39, 0.29) is 0 Å². The molecule has 0 saturated heterocycles. The summed E-state index contributed by atoms with van der Waals surface area (Å²) in [4.78, 5) is 0. The summed E-state index contributed by atoms with van der Waals surface area (Å²) < 4.78 is 0. The molecular formula is C17H19N3S. The van der Waals surface area contributed by atoms with Gasteiger partial charge < -0.3 is 5.32 Å². The molecule has 0 radical (unpaired) electrons. The maximum atomic E-state index is 5.28. The average Bonchev–Trinajstić information content (AvgIpc) is 2.51. The van der Waals surface area contributed by atoms with Crippen molar-refractivity contribution in [1.29, 1.82) is 0 Å². The van der Waals surface area contributed by atoms with Gasteiger partial charge in [-0.1, -0.05) is 55.5 Å². The Balaban J connectivity index is 2.02. The van der Waals surface area contributed by atoms with Gasteiger partial charge in [0.1, 0.15) is 0 Å². The SMILES string of the molecule is CC/C(=N/NC(=S)Nc1ccccc1C)c1ccccc1. The van der Waals surface area contributed by atoms with Gasteiger partial charge in [0, 0.05) is 5.69 Å². The van der Waals surface area contributed by atoms with Gasteiger partial charge in [-0.2, -0.15) is 5.10 Å². The summed E-state index contributed by atoms with van der Waals surface area (Å²) >= 11 is 5.28. The molecule has 0 aromatic heterocycles. The molecule has 0 atom stereocenters. The highest BCUT2D eigenvalue weighted by Crippen LogP contribution is 2.12. The molecule has 0 fully saturated rings. The Bertz CT molecular complexity index is 635. The zero-order valence-corrected chi connectivity index (χ0v) is 13.1. The number of hydrazone groups is 1. The zero-order chi connectivity index (χ0) is 15.1. The van der Waals surface area contributed by atoms with E-state index < -0.39 is 0 Å². The Morgan fingerprint density at radius 2 is 1.71 bits per heavy atom. The number of hydrogen-bond acceptors (Lipinski definition) is 2. The van der Waals surface area contributed by atoms with Gasteiger partial charge in [0.2, 0.25) is 0 Å². The van der Waals surface area contributed by atoms with Crippen LogP contribution in [0.25, 0.3) is 0 Å². The van der Waals surface area contributed by atoms with Gasteiger partial charge in [-0.15, -0.1) is 0 Å². The van der Waals surface area contributed by atoms with Crippen LogP contribution < -0.4 is 10.7 Å². The van der Waals surface area contributed by atoms with Crippen molar-refractivity contribution in [3.63, 3.8) is 0 Å². The standard InChI is InChI=1S/C17H19N3S/c1-3-15(14-10-5-4-6-11-14)19-20-17(21)18-16-12-8-7-9-13(16)2/h4-12H,3H2,1-2H3,(H2,18,20,21)/b19-15-. The number of rotatable bonds is 4. The average molecular weight is 297 g/mol. The molecule has 0 bridgehead atoms. The Morgan fingerprint density at radius 1 is 1.05 bits per heavy atom. The molecule has 3 nitrogen and oxygen atoms in total. The highest BCUT2D eigenvalue weighted by atomic mass is 32.1. The fraction of sp³-hybridized carbons (Fsp3) is 0.176. The minimum absolute atomic E-state index is 0.492. The van der Waals surface area contributed by atoms with E-state index in [4.69, 9.17) is 12.2 Å². The normalized spacial score (nSPS) is 11.0. The molecule has 0 aliphatic heterocycles. The monoisotopic (exact) mass is 297 g/mol. The minimum Gasteiger partial charge on any atom is -0.331 e. The quantitative estimate of drug-likeness (QED) is 0.507. The summed E-state index contributed by atoms with van der Waals surface area (Å²) in [6.45, 7) is 4.11. The minimum atomic E-state index is 0.492. The van der Waals surface area contributed by atoms with E-state index >= 15 is 0 Å². The smallest absolute Gasteiger partial charge is 0.191 e. The van der Waals surface area contributed by atoms with Crippen LogP contribution in [0.2, 0.25) is 0 Å². The molecule has 2 rings (SSSR count). The van der Waals surface area contributed by atoms with Crippen molar-refractivity contribution < 1.29 is 0 Å². The number of para-hydroxylation sites is 1. The van der Waals surface area contributed by atoms with E-state index in [0.717, 1.165) is 28.9 Å². The first-order valence-corrected chi connectivity index (χ1v) is 7.36. The molecule has 0 heterocycles. The van der Waals surface area contributed by atoms with Gasteiger partial charge in [0.25, 0.3) is 0 Å². The van der Waals surface area contributed by atoms with Crippen molar-refractivity contribution in [1.82, 2.24) is 5.43 Å². The van der Waals surface area contributed by atoms with E-state index in [9.17, 15) is 0 Å². The number of anilines is 1. The van der Waals surface area contributed by atoms with Crippen LogP contribution in [0.15, 0.2) is 59.7 Å². The Morgan fingerprint density at radius 3 is 2.38 bits per heavy atom. The molecule has 4 heteroatoms. The Kier molecular flexibility index (Phi) is 5.46. The molecule has 2 N–H and O–H groups in total. The summed E-state index contributed by atoms with van der Waals surface area (Å²) in [6, 6.07) is 18.1. The number of nitrogens with zero attached hydrogens (tertiary/aromatic N) is 1. The van der Waals surface area contributed by atoms with Crippen LogP contribution in [0.5, 0.6) is 0 Å². The highest BCUT2D eigenvalue weighted by Gasteiger charge is 2.02. The molecule has 0 saturated carbocycles. The lowest BCUT2D eigenvalue weighted by Gasteiger charge is -2.11. The van der Waals surface area contributed by atoms with Gasteiger partial charge >= 0.3 is 0 Å². The molecule has 2 aromatic carbocycles. The first-order chi connectivity index (χ1) is 10.2. The summed E-state index contributed by atoms with van der Waals surface area (Å²) in [7, 11) is 0. The molecule has 0 aliphatic carbocycles. The third kappa shape index (κ3) is 4.39. The van der Waals surface area contributed by atoms with Crippen LogP contribution in [0, 0.1) is 6.92 Å². The predicted octanol–water partition coefficient (Wildman–Crippen LogP) is 4.10. The second kappa shape index (κ2) is 7.55. The maximum absolute atomic E-state index is 5.28. The third-order valence-electron chi connectivity index (χ3n) is 3.13. The van der Waals surface area contributed by atoms with E-state index in [1.807, 2.05) is 61.5 Å². The molecule has 0 aliphatic rings. The van der Waals surface area contributed by atoms with E-state index in [0.29, 0.717) is 5.11 Å². The van der Waals surface area contributed by atoms with E-state index in [1.54, 1.807) is 0 Å². The number of thiocarbonyl (C=S) groups is 1. The fourth-order valence-electron chi connectivity index (χ4n) is 1.96. The fourth-order valence-corrected chi connectivity index (χ4v) is 2.12. The van der Waals surface area contributed by atoms with Crippen molar-refractivity contribution in [2.45, 2.75) is 20.3 Å². The van der Waals surface area contributed by atoms with Gasteiger partial charge in [0.05, 0.1) is 5.71 Å². The largest absolute Gasteiger partial charge is 0.331 e. The second-order valence-corrected chi connectivity index (χ2v) is 5.07. The van der Waals surface area contributed by atoms with Gasteiger partial charge in [-0.05, 0) is 42.8 Å². The zero-order valence-electron chi connectivity index (χ0n) is 12.3. The van der Waals surface area contributed by atoms with E-state index in [2.05, 4.69) is 22.8 Å². The topological polar surface area (TPSA) is 36.4 Å². The molecular weight excluding hydrogens is 278 g/mol. The number of hydrogen-bond donors (Lipinski definition) is 2. The molecule has 21 heavy (non-hydrogen) atoms. The van der Waals surface area contributed by atoms with Crippen molar-refractivity contribution in [3.8, 4) is 0 Å². The number of nitrogens with one attached hydrogen (secondary N) is 2. The first-order valence-electron chi connectivity index (χ1n) is 6.95. The van der Waals surface area contributed by atoms with Crippen LogP contribution >= 0.6 is 12.2 Å². The van der Waals surface area contributed by atoms with Crippen molar-refractivity contribution in [2.75, 3.05) is 5.32 Å². The lowest BCUT2D eigenvalue weighted by atomic mass is 10.1. The summed E-state index contributed by atoms with van der Waals surface area (Å²) in [5.74, 6) is 0. The molecule has 2 aromatic rings. The predicted molar refractivity (Wildman–Crippen MR) is 93.8 cm³/mol. The summed E-state index contributed by atoms with van der Waals surface area (Å²) in [5, 5.41) is 8.05. The van der Waals surface area contributed by atoms with Gasteiger partial charge in [-0.3, -0.25) is 5.43 Å². The lowest BCUT2D eigenvalue weighted by molar-refractivity contribution is 1.02. The number of aryl methyl sites for hydroxylation is 1. The van der Waals surface area contributed by atoms with Crippen LogP contribution in [-0.2, 0) is 0 Å². The van der Waals surface area contributed by atoms with Crippen molar-refractivity contribution >= 4 is 28.7 Å². The second-order valence-electron chi connectivity index (χ2n) is 4.66. The number of benzene rings is 2. The first kappa shape index (κ1) is 15.2. The Hall–Kier alpha value is -2.20. The van der Waals surface area contributed by atoms with Crippen molar-refractivity contribution in [3.05, 3.63) is 65.7 Å². The third-order valence-corrected chi connectivity index (χ3v) is 3.32. The van der Waals surface area contributed by atoms with Gasteiger partial charge in [0.15, 0.2) is 5.11 Å². The van der Waals surface area contributed by atoms with Gasteiger partial charge in [-0.25, -0.2) is 0 Å². The molecule has 108 valence electrons.